The van der Waals surface area contributed by atoms with Crippen molar-refractivity contribution in [2.45, 2.75) is 0 Å². The van der Waals surface area contributed by atoms with Crippen molar-refractivity contribution in [2.24, 2.45) is 16.2 Å². The summed E-state index contributed by atoms with van der Waals surface area (Å²) in [6.07, 6.45) is 1.70. The lowest BCUT2D eigenvalue weighted by Crippen LogP contribution is -2.38. The van der Waals surface area contributed by atoms with E-state index in [1.807, 2.05) is 0 Å². The first-order valence-corrected chi connectivity index (χ1v) is 9.30. The van der Waals surface area contributed by atoms with Crippen LogP contribution in [-0.2, 0) is 9.53 Å². The average Bonchev–Trinajstić information content (AvgIpc) is 2.84. The lowest BCUT2D eigenvalue weighted by atomic mass is 9.93. The highest BCUT2D eigenvalue weighted by atomic mass is 16.5. The van der Waals surface area contributed by atoms with Crippen LogP contribution >= 0.6 is 0 Å². The molecule has 194 valence electrons. The molecule has 14 heteroatoms. The number of ether oxygens (including phenoxy) is 1. The highest BCUT2D eigenvalue weighted by Crippen LogP contribution is 2.15. The number of carboxylic acids is 1. The number of rotatable bonds is 15. The Morgan fingerprint density at radius 1 is 0.531 bits per heavy atom. The van der Waals surface area contributed by atoms with Gasteiger partial charge in [0.25, 0.3) is 0 Å². The zero-order valence-electron chi connectivity index (χ0n) is 17.8. The molecule has 0 aliphatic heterocycles. The number of aliphatic carboxylic acids is 1. The molecule has 0 aromatic rings. The normalized spacial score (nSPS) is 12.0. The molecule has 0 bridgehead atoms. The fraction of sp³-hybridized carbons (Fsp3) is 0.833. The van der Waals surface area contributed by atoms with E-state index in [9.17, 15) is 4.79 Å². The monoisotopic (exact) mass is 478 g/mol. The summed E-state index contributed by atoms with van der Waals surface area (Å²) in [6, 6.07) is 0. The fourth-order valence-corrected chi connectivity index (χ4v) is 1.22. The van der Waals surface area contributed by atoms with E-state index in [0.29, 0.717) is 0 Å². The summed E-state index contributed by atoms with van der Waals surface area (Å²) < 4.78 is 4.74. The smallest absolute Gasteiger partial charge is 0.331 e. The Balaban J connectivity index is -0.000000411. The minimum Gasteiger partial charge on any atom is -0.500 e. The van der Waals surface area contributed by atoms with E-state index in [1.54, 1.807) is 0 Å². The molecule has 0 aliphatic rings. The molecule has 0 fully saturated rings. The van der Waals surface area contributed by atoms with Gasteiger partial charge in [-0.15, -0.1) is 0 Å². The molecular formula is C18H38O14. The van der Waals surface area contributed by atoms with Gasteiger partial charge in [0.1, 0.15) is 0 Å². The van der Waals surface area contributed by atoms with Crippen LogP contribution in [0.2, 0.25) is 0 Å². The van der Waals surface area contributed by atoms with Crippen LogP contribution < -0.4 is 0 Å². The van der Waals surface area contributed by atoms with E-state index in [-0.39, 0.29) is 6.61 Å². The van der Waals surface area contributed by atoms with Crippen LogP contribution in [0.5, 0.6) is 0 Å². The first kappa shape index (κ1) is 35.2. The highest BCUT2D eigenvalue weighted by molar-refractivity contribution is 5.79. The van der Waals surface area contributed by atoms with Gasteiger partial charge in [-0.25, -0.2) is 4.79 Å². The summed E-state index contributed by atoms with van der Waals surface area (Å²) >= 11 is 0. The summed E-state index contributed by atoms with van der Waals surface area (Å²) in [5, 5.41) is 103. The Kier molecular flexibility index (Phi) is 22.2. The predicted octanol–water partition coefficient (Wildman–Crippen LogP) is -5.55. The predicted molar refractivity (Wildman–Crippen MR) is 108 cm³/mol. The molecule has 0 aromatic carbocycles. The van der Waals surface area contributed by atoms with Gasteiger partial charge in [-0.1, -0.05) is 0 Å². The van der Waals surface area contributed by atoms with Gasteiger partial charge < -0.3 is 66.0 Å². The van der Waals surface area contributed by atoms with Gasteiger partial charge in [-0.3, -0.25) is 0 Å². The first-order valence-electron chi connectivity index (χ1n) is 9.30. The maximum Gasteiger partial charge on any atom is 0.331 e. The van der Waals surface area contributed by atoms with E-state index < -0.39 is 94.9 Å². The van der Waals surface area contributed by atoms with Gasteiger partial charge >= 0.3 is 5.97 Å². The van der Waals surface area contributed by atoms with Gasteiger partial charge in [0, 0.05) is 0 Å². The molecular weight excluding hydrogens is 440 g/mol. The summed E-state index contributed by atoms with van der Waals surface area (Å²) in [7, 11) is 0. The number of hydrogen-bond acceptors (Lipinski definition) is 13. The second-order valence-corrected chi connectivity index (χ2v) is 7.19. The van der Waals surface area contributed by atoms with Crippen LogP contribution in [0.4, 0.5) is 0 Å². The maximum atomic E-state index is 10.0. The van der Waals surface area contributed by atoms with Crippen LogP contribution in [0.15, 0.2) is 12.3 Å². The molecule has 0 amide bonds. The number of aliphatic hydroxyl groups is 11. The van der Waals surface area contributed by atoms with Crippen molar-refractivity contribution in [3.05, 3.63) is 12.3 Å². The Labute approximate surface area is 185 Å². The minimum absolute atomic E-state index is 0.153. The summed E-state index contributed by atoms with van der Waals surface area (Å²) in [5.41, 5.74) is -3.36. The second kappa shape index (κ2) is 20.2. The number of aliphatic hydroxyl groups excluding tert-OH is 11. The van der Waals surface area contributed by atoms with Gasteiger partial charge in [0.05, 0.1) is 108 Å². The number of carbonyl (C=O) groups is 1. The maximum absolute atomic E-state index is 10.0. The number of carboxylic acid groups (broad SMARTS) is 1. The quantitative estimate of drug-likeness (QED) is 0.0773. The molecule has 0 unspecified atom stereocenters. The third kappa shape index (κ3) is 13.9. The van der Waals surface area contributed by atoms with Crippen LogP contribution in [-0.4, -0.2) is 147 Å². The minimum atomic E-state index is -1.16. The molecule has 0 radical (unpaired) electrons. The zero-order chi connectivity index (χ0) is 25.7. The Morgan fingerprint density at radius 2 is 0.781 bits per heavy atom. The van der Waals surface area contributed by atoms with Crippen LogP contribution in [0, 0.1) is 16.2 Å². The SMILES string of the molecule is O=C(O)C=COCC(CO)(CO)CO.OCC(CO)(CO)CO.OCC(CO)(CO)CO. The summed E-state index contributed by atoms with van der Waals surface area (Å²) in [6.45, 7) is -4.73. The van der Waals surface area contributed by atoms with Crippen molar-refractivity contribution in [2.75, 3.05) is 79.3 Å². The fourth-order valence-electron chi connectivity index (χ4n) is 1.22. The third-order valence-corrected chi connectivity index (χ3v) is 4.39. The first-order chi connectivity index (χ1) is 15.1. The van der Waals surface area contributed by atoms with Crippen molar-refractivity contribution < 1.29 is 70.8 Å². The average molecular weight is 478 g/mol. The lowest BCUT2D eigenvalue weighted by Gasteiger charge is -2.25. The van der Waals surface area contributed by atoms with Gasteiger partial charge in [-0.2, -0.15) is 0 Å². The van der Waals surface area contributed by atoms with E-state index in [2.05, 4.69) is 0 Å². The molecule has 0 aliphatic carbocycles. The Bertz CT molecular complexity index is 395. The molecule has 0 saturated heterocycles. The largest absolute Gasteiger partial charge is 0.500 e. The van der Waals surface area contributed by atoms with Crippen LogP contribution in [0.25, 0.3) is 0 Å². The molecule has 32 heavy (non-hydrogen) atoms. The van der Waals surface area contributed by atoms with E-state index in [0.717, 1.165) is 12.3 Å². The molecule has 0 aromatic heterocycles. The second-order valence-electron chi connectivity index (χ2n) is 7.19. The van der Waals surface area contributed by atoms with Gasteiger partial charge in [0.2, 0.25) is 0 Å². The molecule has 14 nitrogen and oxygen atoms in total. The van der Waals surface area contributed by atoms with Crippen molar-refractivity contribution >= 4 is 5.97 Å². The number of hydrogen-bond donors (Lipinski definition) is 12. The highest BCUT2D eigenvalue weighted by Gasteiger charge is 2.29. The van der Waals surface area contributed by atoms with Gasteiger partial charge in [-0.05, 0) is 0 Å². The van der Waals surface area contributed by atoms with Crippen molar-refractivity contribution in [3.63, 3.8) is 0 Å². The molecule has 0 saturated carbocycles. The third-order valence-electron chi connectivity index (χ3n) is 4.39. The van der Waals surface area contributed by atoms with Crippen LogP contribution in [0.3, 0.4) is 0 Å². The standard InChI is InChI=1S/C8H14O6.2C5H12O4/c9-3-8(4-10,5-11)6-14-2-1-7(12)13;2*6-1-5(2-7,3-8)4-9/h1-2,9-11H,3-6H2,(H,12,13);2*6-9H,1-4H2. The zero-order valence-corrected chi connectivity index (χ0v) is 17.8. The molecule has 0 rings (SSSR count). The molecule has 0 heterocycles. The van der Waals surface area contributed by atoms with E-state index in [4.69, 9.17) is 66.0 Å². The van der Waals surface area contributed by atoms with Crippen molar-refractivity contribution in [1.29, 1.82) is 0 Å². The Morgan fingerprint density at radius 3 is 0.938 bits per heavy atom. The lowest BCUT2D eigenvalue weighted by molar-refractivity contribution is -0.131. The van der Waals surface area contributed by atoms with Crippen molar-refractivity contribution in [1.82, 2.24) is 0 Å². The summed E-state index contributed by atoms with van der Waals surface area (Å²) in [4.78, 5) is 10.0. The molecule has 0 atom stereocenters. The van der Waals surface area contributed by atoms with Crippen molar-refractivity contribution in [3.8, 4) is 0 Å². The summed E-state index contributed by atoms with van der Waals surface area (Å²) in [5.74, 6) is -1.16. The topological polar surface area (TPSA) is 269 Å². The molecule has 12 N–H and O–H groups in total. The Hall–Kier alpha value is -1.43. The van der Waals surface area contributed by atoms with Crippen LogP contribution in [0.1, 0.15) is 0 Å². The molecule has 0 spiro atoms. The van der Waals surface area contributed by atoms with E-state index in [1.165, 1.54) is 0 Å². The van der Waals surface area contributed by atoms with Gasteiger partial charge in [0.15, 0.2) is 0 Å². The van der Waals surface area contributed by atoms with E-state index >= 15 is 0 Å².